The molecule has 0 spiro atoms. The highest BCUT2D eigenvalue weighted by Crippen LogP contribution is 2.33. The molecular weight excluding hydrogens is 417 g/mol. The number of ether oxygens (including phenoxy) is 2. The van der Waals surface area contributed by atoms with Crippen LogP contribution in [0.15, 0.2) is 18.2 Å². The second-order valence-corrected chi connectivity index (χ2v) is 8.99. The van der Waals surface area contributed by atoms with Gasteiger partial charge in [0.2, 0.25) is 0 Å². The van der Waals surface area contributed by atoms with Crippen LogP contribution in [0, 0.1) is 0 Å². The Morgan fingerprint density at radius 2 is 1.52 bits per heavy atom. The van der Waals surface area contributed by atoms with Crippen LogP contribution in [-0.2, 0) is 20.4 Å². The molecule has 1 atom stereocenters. The van der Waals surface area contributed by atoms with E-state index < -0.39 is 41.0 Å². The highest BCUT2D eigenvalue weighted by Gasteiger charge is 2.33. The maximum absolute atomic E-state index is 12.9. The van der Waals surface area contributed by atoms with Gasteiger partial charge in [0.05, 0.1) is 5.56 Å². The molecule has 0 saturated heterocycles. The van der Waals surface area contributed by atoms with E-state index in [-0.39, 0.29) is 24.2 Å². The first-order valence-electron chi connectivity index (χ1n) is 9.60. The zero-order valence-corrected chi connectivity index (χ0v) is 18.5. The van der Waals surface area contributed by atoms with E-state index in [1.807, 2.05) is 0 Å². The first-order valence-corrected chi connectivity index (χ1v) is 9.60. The van der Waals surface area contributed by atoms with Gasteiger partial charge in [0.15, 0.2) is 0 Å². The summed E-state index contributed by atoms with van der Waals surface area (Å²) in [7, 11) is 0. The smallest absolute Gasteiger partial charge is 0.419 e. The summed E-state index contributed by atoms with van der Waals surface area (Å²) in [5.74, 6) is -0.949. The van der Waals surface area contributed by atoms with Crippen molar-refractivity contribution in [1.29, 1.82) is 0 Å². The van der Waals surface area contributed by atoms with Crippen LogP contribution in [0.25, 0.3) is 0 Å². The van der Waals surface area contributed by atoms with Crippen LogP contribution in [0.2, 0.25) is 0 Å². The number of imide groups is 1. The monoisotopic (exact) mass is 446 g/mol. The summed E-state index contributed by atoms with van der Waals surface area (Å²) in [5.41, 5.74) is 2.96. The molecule has 0 bridgehead atoms. The van der Waals surface area contributed by atoms with E-state index in [4.69, 9.17) is 15.2 Å². The van der Waals surface area contributed by atoms with Crippen LogP contribution in [0.5, 0.6) is 0 Å². The SMILES string of the molecule is CC(C)(C)OC(=O)N(CCC(C=O)c1ccc(C(F)(F)F)cc1N)C(=O)OC(C)(C)C. The number of carbonyl (C=O) groups excluding carboxylic acids is 3. The molecule has 0 radical (unpaired) electrons. The van der Waals surface area contributed by atoms with Crippen molar-refractivity contribution in [2.75, 3.05) is 12.3 Å². The number of carbonyl (C=O) groups is 3. The molecule has 174 valence electrons. The molecule has 1 aromatic rings. The summed E-state index contributed by atoms with van der Waals surface area (Å²) >= 11 is 0. The normalized spacial score (nSPS) is 13.3. The first kappa shape index (κ1) is 26.3. The Kier molecular flexibility index (Phi) is 8.11. The Bertz CT molecular complexity index is 783. The summed E-state index contributed by atoms with van der Waals surface area (Å²) in [5, 5.41) is 0. The lowest BCUT2D eigenvalue weighted by molar-refractivity contribution is -0.137. The number of nitrogens with two attached hydrogens (primary N) is 1. The Balaban J connectivity index is 3.09. The molecule has 0 fully saturated rings. The third-order valence-corrected chi connectivity index (χ3v) is 3.87. The van der Waals surface area contributed by atoms with Gasteiger partial charge in [-0.15, -0.1) is 0 Å². The summed E-state index contributed by atoms with van der Waals surface area (Å²) in [4.78, 5) is 37.4. The van der Waals surface area contributed by atoms with Crippen molar-refractivity contribution in [2.24, 2.45) is 0 Å². The molecule has 2 amide bonds. The van der Waals surface area contributed by atoms with Crippen molar-refractivity contribution in [2.45, 2.75) is 71.3 Å². The molecule has 31 heavy (non-hydrogen) atoms. The fourth-order valence-electron chi connectivity index (χ4n) is 2.54. The van der Waals surface area contributed by atoms with Gasteiger partial charge in [0.25, 0.3) is 0 Å². The van der Waals surface area contributed by atoms with E-state index in [9.17, 15) is 27.6 Å². The van der Waals surface area contributed by atoms with Crippen LogP contribution < -0.4 is 5.73 Å². The quantitative estimate of drug-likeness (QED) is 0.497. The van der Waals surface area contributed by atoms with E-state index in [0.29, 0.717) is 11.2 Å². The molecule has 1 unspecified atom stereocenters. The number of anilines is 1. The highest BCUT2D eigenvalue weighted by atomic mass is 19.4. The number of amides is 2. The lowest BCUT2D eigenvalue weighted by Gasteiger charge is -2.29. The number of nitrogen functional groups attached to an aromatic ring is 1. The average molecular weight is 446 g/mol. The lowest BCUT2D eigenvalue weighted by atomic mass is 9.94. The maximum atomic E-state index is 12.9. The third kappa shape index (κ3) is 8.47. The van der Waals surface area contributed by atoms with Gasteiger partial charge < -0.3 is 20.0 Å². The van der Waals surface area contributed by atoms with Gasteiger partial charge in [-0.1, -0.05) is 6.07 Å². The lowest BCUT2D eigenvalue weighted by Crippen LogP contribution is -2.44. The Hall–Kier alpha value is -2.78. The van der Waals surface area contributed by atoms with Crippen molar-refractivity contribution in [3.05, 3.63) is 29.3 Å². The van der Waals surface area contributed by atoms with E-state index >= 15 is 0 Å². The standard InChI is InChI=1S/C21H29F3N2O5/c1-19(2,3)30-17(28)26(18(29)31-20(4,5)6)10-9-13(12-27)15-8-7-14(11-16(15)25)21(22,23)24/h7-8,11-13H,9-10,25H2,1-6H3. The molecule has 1 rings (SSSR count). The molecule has 1 aromatic carbocycles. The van der Waals surface area contributed by atoms with Gasteiger partial charge in [-0.25, -0.2) is 14.5 Å². The van der Waals surface area contributed by atoms with E-state index in [2.05, 4.69) is 0 Å². The van der Waals surface area contributed by atoms with Crippen molar-refractivity contribution < 1.29 is 37.0 Å². The van der Waals surface area contributed by atoms with E-state index in [1.54, 1.807) is 41.5 Å². The molecule has 2 N–H and O–H groups in total. The fraction of sp³-hybridized carbons (Fsp3) is 0.571. The number of nitrogens with zero attached hydrogens (tertiary/aromatic N) is 1. The largest absolute Gasteiger partial charge is 0.443 e. The Morgan fingerprint density at radius 3 is 1.87 bits per heavy atom. The number of benzene rings is 1. The van der Waals surface area contributed by atoms with Crippen molar-refractivity contribution in [3.63, 3.8) is 0 Å². The summed E-state index contributed by atoms with van der Waals surface area (Å²) < 4.78 is 49.0. The first-order chi connectivity index (χ1) is 13.9. The molecule has 0 aliphatic heterocycles. The van der Waals surface area contributed by atoms with Gasteiger partial charge in [-0.2, -0.15) is 13.2 Å². The number of halogens is 3. The molecular formula is C21H29F3N2O5. The minimum Gasteiger partial charge on any atom is -0.443 e. The maximum Gasteiger partial charge on any atom is 0.419 e. The molecule has 0 aromatic heterocycles. The van der Waals surface area contributed by atoms with Gasteiger partial charge in [-0.3, -0.25) is 0 Å². The third-order valence-electron chi connectivity index (χ3n) is 3.87. The summed E-state index contributed by atoms with van der Waals surface area (Å²) in [6, 6.07) is 2.68. The number of hydrogen-bond donors (Lipinski definition) is 1. The number of aldehydes is 1. The highest BCUT2D eigenvalue weighted by molar-refractivity contribution is 5.88. The predicted molar refractivity (Wildman–Crippen MR) is 108 cm³/mol. The molecule has 0 aliphatic rings. The molecule has 7 nitrogen and oxygen atoms in total. The van der Waals surface area contributed by atoms with Gasteiger partial charge >= 0.3 is 18.4 Å². The summed E-state index contributed by atoms with van der Waals surface area (Å²) in [6.07, 6.45) is -6.09. The van der Waals surface area contributed by atoms with Gasteiger partial charge in [0, 0.05) is 18.2 Å². The van der Waals surface area contributed by atoms with Gasteiger partial charge in [-0.05, 0) is 65.7 Å². The second-order valence-electron chi connectivity index (χ2n) is 8.99. The van der Waals surface area contributed by atoms with Crippen molar-refractivity contribution >= 4 is 24.2 Å². The van der Waals surface area contributed by atoms with Crippen molar-refractivity contribution in [3.8, 4) is 0 Å². The second kappa shape index (κ2) is 9.57. The number of rotatable bonds is 5. The van der Waals surface area contributed by atoms with E-state index in [0.717, 1.165) is 18.2 Å². The zero-order chi connectivity index (χ0) is 24.2. The van der Waals surface area contributed by atoms with E-state index in [1.165, 1.54) is 0 Å². The molecule has 0 aliphatic carbocycles. The Labute approximate surface area is 179 Å². The van der Waals surface area contributed by atoms with Crippen LogP contribution in [0.3, 0.4) is 0 Å². The molecule has 0 heterocycles. The average Bonchev–Trinajstić information content (AvgIpc) is 2.55. The van der Waals surface area contributed by atoms with Crippen molar-refractivity contribution in [1.82, 2.24) is 4.90 Å². The predicted octanol–water partition coefficient (Wildman–Crippen LogP) is 5.13. The fourth-order valence-corrected chi connectivity index (χ4v) is 2.54. The molecule has 10 heteroatoms. The van der Waals surface area contributed by atoms with Gasteiger partial charge in [0.1, 0.15) is 17.5 Å². The van der Waals surface area contributed by atoms with Crippen LogP contribution >= 0.6 is 0 Å². The Morgan fingerprint density at radius 1 is 1.03 bits per heavy atom. The van der Waals surface area contributed by atoms with Crippen LogP contribution in [0.1, 0.15) is 65.0 Å². The van der Waals surface area contributed by atoms with Crippen LogP contribution in [-0.4, -0.2) is 41.1 Å². The number of hydrogen-bond acceptors (Lipinski definition) is 6. The van der Waals surface area contributed by atoms with Crippen LogP contribution in [0.4, 0.5) is 28.4 Å². The molecule has 0 saturated carbocycles. The summed E-state index contributed by atoms with van der Waals surface area (Å²) in [6.45, 7) is 9.45. The number of alkyl halides is 3. The minimum atomic E-state index is -4.58. The topological polar surface area (TPSA) is 98.9 Å². The zero-order valence-electron chi connectivity index (χ0n) is 18.5. The minimum absolute atomic E-state index is 0.0858.